The number of anilines is 6. The molecule has 0 saturated heterocycles. The second-order valence-corrected chi connectivity index (χ2v) is 37.8. The van der Waals surface area contributed by atoms with Gasteiger partial charge in [0.05, 0.1) is 11.4 Å². The Balaban J connectivity index is 0.595. The Morgan fingerprint density at radius 3 is 0.775 bits per heavy atom. The molecule has 2 heteroatoms. The molecule has 4 aliphatic carbocycles. The lowest BCUT2D eigenvalue weighted by Gasteiger charge is -2.33. The first kappa shape index (κ1) is 74.4. The Morgan fingerprint density at radius 2 is 0.450 bits per heavy atom. The molecule has 120 heavy (non-hydrogen) atoms. The van der Waals surface area contributed by atoms with Crippen LogP contribution in [0.2, 0.25) is 0 Å². The van der Waals surface area contributed by atoms with Gasteiger partial charge in [-0.15, -0.1) is 0 Å². The minimum atomic E-state index is -0.187. The fourth-order valence-corrected chi connectivity index (χ4v) is 21.7. The van der Waals surface area contributed by atoms with Crippen molar-refractivity contribution in [2.75, 3.05) is 9.80 Å². The topological polar surface area (TPSA) is 6.48 Å². The molecule has 0 fully saturated rings. The van der Waals surface area contributed by atoms with Crippen LogP contribution in [0, 0.1) is 27.7 Å². The summed E-state index contributed by atoms with van der Waals surface area (Å²) in [7, 11) is 0. The van der Waals surface area contributed by atoms with E-state index < -0.39 is 0 Å². The lowest BCUT2D eigenvalue weighted by Crippen LogP contribution is -2.16. The first-order valence-corrected chi connectivity index (χ1v) is 43.0. The second kappa shape index (κ2) is 27.2. The predicted octanol–water partition coefficient (Wildman–Crippen LogP) is 32.7. The summed E-state index contributed by atoms with van der Waals surface area (Å²) in [4.78, 5) is 5.02. The molecule has 17 aromatic carbocycles. The summed E-state index contributed by atoms with van der Waals surface area (Å²) < 4.78 is 0. The number of rotatable bonds is 12. The third-order valence-corrected chi connectivity index (χ3v) is 28.1. The quantitative estimate of drug-likeness (QED) is 0.0888. The molecule has 0 spiro atoms. The minimum Gasteiger partial charge on any atom is -0.309 e. The zero-order chi connectivity index (χ0) is 82.4. The standard InChI is InChI=1S/C118H100N2/c1-71-60-83(81-46-57-96-94-55-44-79(66-106(94)117(12,13)108(96)68-81)77-42-53-92-90-32-24-26-36-102(90)115(8,9)104(92)64-77)61-72(2)110(71)75-38-49-88(50-39-75)119(86-28-18-16-19-29-86)112-98-34-22-23-35-99(98)113(101-70-85(114(5,6)7)48-59-100(101)112)120(87-30-20-17-21-31-87)89-51-40-76(41-52-89)111-73(3)62-84(63-74(111)4)82-47-58-97-95-56-45-80(67-107(95)118(14,15)109(97)69-82)78-43-54-93-91-33-25-27-37-103(91)116(10,11)105(93)65-78/h16-70H,1-15H3. The molecule has 0 amide bonds. The number of hydrogen-bond acceptors (Lipinski definition) is 2. The third-order valence-electron chi connectivity index (χ3n) is 28.1. The molecule has 0 unspecified atom stereocenters. The zero-order valence-corrected chi connectivity index (χ0v) is 71.6. The SMILES string of the molecule is Cc1cc(-c2ccc3c(c2)C(C)(C)c2cc(-c4ccc5c(c4)C(C)(C)c4ccccc4-5)ccc2-3)cc(C)c1-c1ccc(N(c2ccccc2)c2c3ccccc3c(N(c3ccccc3)c3ccc(-c4c(C)cc(-c5ccc6c(c5)C(C)(C)c5cc(-c7ccc8c(c7)C(C)(C)c7ccccc7-8)ccc5-6)cc4C)cc3)c3cc(C(C)(C)C)ccc23)cc1. The van der Waals surface area contributed by atoms with Crippen LogP contribution in [-0.2, 0) is 27.1 Å². The minimum absolute atomic E-state index is 0.0535. The number of hydrogen-bond donors (Lipinski definition) is 0. The molecule has 0 aliphatic heterocycles. The van der Waals surface area contributed by atoms with Crippen LogP contribution in [0.5, 0.6) is 0 Å². The molecule has 4 aliphatic rings. The number of aryl methyl sites for hydroxylation is 4. The van der Waals surface area contributed by atoms with Gasteiger partial charge in [-0.3, -0.25) is 0 Å². The first-order valence-electron chi connectivity index (χ1n) is 43.0. The Hall–Kier alpha value is -13.1. The van der Waals surface area contributed by atoms with Crippen LogP contribution in [0.25, 0.3) is 133 Å². The highest BCUT2D eigenvalue weighted by atomic mass is 15.2. The second-order valence-electron chi connectivity index (χ2n) is 37.8. The van der Waals surface area contributed by atoms with E-state index in [1.807, 2.05) is 0 Å². The van der Waals surface area contributed by atoms with Crippen molar-refractivity contribution in [3.63, 3.8) is 0 Å². The number of fused-ring (bicyclic) bond motifs is 14. The van der Waals surface area contributed by atoms with Crippen molar-refractivity contribution in [3.8, 4) is 111 Å². The van der Waals surface area contributed by atoms with Gasteiger partial charge < -0.3 is 9.80 Å². The predicted molar refractivity (Wildman–Crippen MR) is 511 cm³/mol. The Bertz CT molecular complexity index is 7090. The van der Waals surface area contributed by atoms with Gasteiger partial charge in [0.25, 0.3) is 0 Å². The van der Waals surface area contributed by atoms with E-state index in [2.05, 4.69) is 447 Å². The molecule has 2 nitrogen and oxygen atoms in total. The van der Waals surface area contributed by atoms with Crippen LogP contribution < -0.4 is 9.80 Å². The molecule has 582 valence electrons. The fraction of sp³-hybridized carbons (Fsp3) is 0.169. The van der Waals surface area contributed by atoms with Crippen LogP contribution in [0.4, 0.5) is 34.1 Å². The summed E-state index contributed by atoms with van der Waals surface area (Å²) >= 11 is 0. The zero-order valence-electron chi connectivity index (χ0n) is 71.6. The molecule has 0 N–H and O–H groups in total. The molecule has 0 radical (unpaired) electrons. The maximum Gasteiger partial charge on any atom is 0.0620 e. The van der Waals surface area contributed by atoms with Gasteiger partial charge >= 0.3 is 0 Å². The van der Waals surface area contributed by atoms with Crippen LogP contribution in [0.1, 0.15) is 148 Å². The molecule has 0 aromatic heterocycles. The van der Waals surface area contributed by atoms with Crippen molar-refractivity contribution in [1.29, 1.82) is 0 Å². The lowest BCUT2D eigenvalue weighted by molar-refractivity contribution is 0.591. The average Bonchev–Trinajstić information content (AvgIpc) is 1.67. The summed E-state index contributed by atoms with van der Waals surface area (Å²) in [5.41, 5.74) is 49.2. The molecule has 0 heterocycles. The molecule has 21 rings (SSSR count). The van der Waals surface area contributed by atoms with Crippen molar-refractivity contribution >= 4 is 55.7 Å². The van der Waals surface area contributed by atoms with Gasteiger partial charge in [0.15, 0.2) is 0 Å². The van der Waals surface area contributed by atoms with E-state index in [1.165, 1.54) is 189 Å². The Labute approximate surface area is 708 Å². The van der Waals surface area contributed by atoms with Crippen LogP contribution in [0.3, 0.4) is 0 Å². The summed E-state index contributed by atoms with van der Waals surface area (Å²) in [5.74, 6) is 0. The van der Waals surface area contributed by atoms with Crippen molar-refractivity contribution in [2.45, 2.75) is 131 Å². The summed E-state index contributed by atoms with van der Waals surface area (Å²) in [6, 6.07) is 128. The normalized spacial score (nSPS) is 14.4. The monoisotopic (exact) mass is 1540 g/mol. The highest BCUT2D eigenvalue weighted by Gasteiger charge is 2.41. The molecule has 17 aromatic rings. The summed E-state index contributed by atoms with van der Waals surface area (Å²) in [5, 5.41) is 4.66. The van der Waals surface area contributed by atoms with Crippen molar-refractivity contribution in [1.82, 2.24) is 0 Å². The van der Waals surface area contributed by atoms with Gasteiger partial charge in [0.2, 0.25) is 0 Å². The van der Waals surface area contributed by atoms with Gasteiger partial charge in [-0.25, -0.2) is 0 Å². The fourth-order valence-electron chi connectivity index (χ4n) is 21.7. The Kier molecular flexibility index (Phi) is 16.9. The molecular weight excluding hydrogens is 1450 g/mol. The number of para-hydroxylation sites is 2. The van der Waals surface area contributed by atoms with Crippen molar-refractivity contribution in [3.05, 3.63) is 406 Å². The smallest absolute Gasteiger partial charge is 0.0620 e. The summed E-state index contributed by atoms with van der Waals surface area (Å²) in [6.45, 7) is 35.3. The van der Waals surface area contributed by atoms with Crippen molar-refractivity contribution in [2.24, 2.45) is 0 Å². The summed E-state index contributed by atoms with van der Waals surface area (Å²) in [6.07, 6.45) is 0. The molecule has 0 atom stereocenters. The number of nitrogens with zero attached hydrogens (tertiary/aromatic N) is 2. The highest BCUT2D eigenvalue weighted by Crippen LogP contribution is 2.58. The maximum atomic E-state index is 2.52. The first-order chi connectivity index (χ1) is 57.8. The van der Waals surface area contributed by atoms with E-state index in [9.17, 15) is 0 Å². The van der Waals surface area contributed by atoms with E-state index >= 15 is 0 Å². The largest absolute Gasteiger partial charge is 0.309 e. The van der Waals surface area contributed by atoms with Gasteiger partial charge in [-0.1, -0.05) is 319 Å². The van der Waals surface area contributed by atoms with E-state index in [1.54, 1.807) is 0 Å². The Morgan fingerprint density at radius 1 is 0.200 bits per heavy atom. The van der Waals surface area contributed by atoms with E-state index in [0.29, 0.717) is 0 Å². The van der Waals surface area contributed by atoms with Crippen molar-refractivity contribution < 1.29 is 0 Å². The van der Waals surface area contributed by atoms with Gasteiger partial charge in [-0.2, -0.15) is 0 Å². The highest BCUT2D eigenvalue weighted by molar-refractivity contribution is 6.23. The van der Waals surface area contributed by atoms with Gasteiger partial charge in [0.1, 0.15) is 0 Å². The van der Waals surface area contributed by atoms with Crippen LogP contribution in [-0.4, -0.2) is 0 Å². The van der Waals surface area contributed by atoms with Crippen LogP contribution >= 0.6 is 0 Å². The average molecular weight is 1550 g/mol. The lowest BCUT2D eigenvalue weighted by atomic mass is 9.80. The molecule has 0 saturated carbocycles. The van der Waals surface area contributed by atoms with E-state index in [0.717, 1.165) is 50.3 Å². The maximum absolute atomic E-state index is 2.52. The molecular formula is C118H100N2. The number of benzene rings is 17. The van der Waals surface area contributed by atoms with E-state index in [4.69, 9.17) is 0 Å². The van der Waals surface area contributed by atoms with Crippen LogP contribution in [0.15, 0.2) is 334 Å². The van der Waals surface area contributed by atoms with E-state index in [-0.39, 0.29) is 27.1 Å². The van der Waals surface area contributed by atoms with Gasteiger partial charge in [0, 0.05) is 66.0 Å². The van der Waals surface area contributed by atoms with Gasteiger partial charge in [-0.05, 0) is 308 Å². The molecule has 0 bridgehead atoms. The third kappa shape index (κ3) is 11.6.